The van der Waals surface area contributed by atoms with Crippen molar-refractivity contribution in [3.63, 3.8) is 0 Å². The Kier molecular flexibility index (Phi) is 6.09. The molecule has 1 aromatic rings. The summed E-state index contributed by atoms with van der Waals surface area (Å²) in [4.78, 5) is 22.4. The van der Waals surface area contributed by atoms with Crippen LogP contribution in [-0.4, -0.2) is 18.5 Å². The van der Waals surface area contributed by atoms with Crippen LogP contribution in [0.4, 0.5) is 0 Å². The summed E-state index contributed by atoms with van der Waals surface area (Å²) < 4.78 is 4.67. The van der Waals surface area contributed by atoms with Crippen LogP contribution in [0.1, 0.15) is 18.1 Å². The number of esters is 1. The van der Waals surface area contributed by atoms with Crippen LogP contribution in [0.15, 0.2) is 43.0 Å². The lowest BCUT2D eigenvalue weighted by Crippen LogP contribution is -2.20. The van der Waals surface area contributed by atoms with Crippen LogP contribution >= 0.6 is 0 Å². The molecule has 0 unspecified atom stereocenters. The number of benzene rings is 1. The third-order valence-corrected chi connectivity index (χ3v) is 2.34. The fraction of sp³-hybridized carbons (Fsp3) is 0.200. The first-order valence-corrected chi connectivity index (χ1v) is 5.99. The van der Waals surface area contributed by atoms with Crippen LogP contribution in [0, 0.1) is 0 Å². The minimum atomic E-state index is -0.520. The van der Waals surface area contributed by atoms with E-state index < -0.39 is 5.97 Å². The molecule has 1 N–H and O–H groups in total. The molecular weight excluding hydrogens is 242 g/mol. The zero-order chi connectivity index (χ0) is 14.1. The van der Waals surface area contributed by atoms with E-state index in [0.29, 0.717) is 13.2 Å². The van der Waals surface area contributed by atoms with Gasteiger partial charge in [0.2, 0.25) is 5.91 Å². The normalized spacial score (nSPS) is 10.2. The van der Waals surface area contributed by atoms with Crippen molar-refractivity contribution in [3.05, 3.63) is 54.1 Å². The molecule has 0 saturated carbocycles. The second-order valence-electron chi connectivity index (χ2n) is 3.75. The van der Waals surface area contributed by atoms with Crippen molar-refractivity contribution in [2.45, 2.75) is 13.5 Å². The summed E-state index contributed by atoms with van der Waals surface area (Å²) in [6, 6.07) is 7.66. The molecule has 1 aromatic carbocycles. The third-order valence-electron chi connectivity index (χ3n) is 2.34. The quantitative estimate of drug-likeness (QED) is 0.628. The van der Waals surface area contributed by atoms with E-state index in [-0.39, 0.29) is 5.91 Å². The zero-order valence-electron chi connectivity index (χ0n) is 10.9. The fourth-order valence-corrected chi connectivity index (χ4v) is 1.35. The Bertz CT molecular complexity index is 475. The topological polar surface area (TPSA) is 55.4 Å². The van der Waals surface area contributed by atoms with Crippen molar-refractivity contribution >= 4 is 18.0 Å². The Morgan fingerprint density at radius 3 is 2.53 bits per heavy atom. The fourth-order valence-electron chi connectivity index (χ4n) is 1.35. The summed E-state index contributed by atoms with van der Waals surface area (Å²) in [6.07, 6.45) is 4.03. The maximum absolute atomic E-state index is 11.4. The highest BCUT2D eigenvalue weighted by Crippen LogP contribution is 2.04. The Morgan fingerprint density at radius 1 is 1.26 bits per heavy atom. The van der Waals surface area contributed by atoms with Gasteiger partial charge >= 0.3 is 5.97 Å². The summed E-state index contributed by atoms with van der Waals surface area (Å²) in [5.74, 6) is -0.853. The molecular formula is C15H17NO3. The molecule has 1 amide bonds. The second-order valence-corrected chi connectivity index (χ2v) is 3.75. The lowest BCUT2D eigenvalue weighted by Gasteiger charge is -2.03. The molecule has 0 aromatic heterocycles. The Labute approximate surface area is 112 Å². The van der Waals surface area contributed by atoms with Gasteiger partial charge in [-0.25, -0.2) is 4.79 Å². The highest BCUT2D eigenvalue weighted by Gasteiger charge is 1.99. The van der Waals surface area contributed by atoms with Crippen molar-refractivity contribution in [2.75, 3.05) is 6.61 Å². The molecule has 0 bridgehead atoms. The van der Waals surface area contributed by atoms with E-state index in [1.54, 1.807) is 13.0 Å². The molecule has 0 atom stereocenters. The average molecular weight is 259 g/mol. The molecule has 19 heavy (non-hydrogen) atoms. The number of hydrogen-bond acceptors (Lipinski definition) is 3. The predicted molar refractivity (Wildman–Crippen MR) is 74.2 cm³/mol. The smallest absolute Gasteiger partial charge is 0.330 e. The van der Waals surface area contributed by atoms with Crippen LogP contribution in [-0.2, 0) is 20.9 Å². The van der Waals surface area contributed by atoms with Crippen molar-refractivity contribution < 1.29 is 14.3 Å². The van der Waals surface area contributed by atoms with Crippen LogP contribution in [0.25, 0.3) is 6.08 Å². The molecule has 4 heteroatoms. The van der Waals surface area contributed by atoms with E-state index in [1.807, 2.05) is 24.3 Å². The van der Waals surface area contributed by atoms with Gasteiger partial charge in [0, 0.05) is 18.7 Å². The van der Waals surface area contributed by atoms with E-state index in [1.165, 1.54) is 0 Å². The number of carbonyl (C=O) groups excluding carboxylic acids is 2. The highest BCUT2D eigenvalue weighted by molar-refractivity contribution is 5.94. The molecule has 0 spiro atoms. The maximum Gasteiger partial charge on any atom is 0.330 e. The second kappa shape index (κ2) is 7.87. The average Bonchev–Trinajstić information content (AvgIpc) is 2.44. The van der Waals surface area contributed by atoms with Crippen LogP contribution in [0.2, 0.25) is 0 Å². The molecule has 0 heterocycles. The lowest BCUT2D eigenvalue weighted by molar-refractivity contribution is -0.137. The van der Waals surface area contributed by atoms with Gasteiger partial charge in [0.25, 0.3) is 0 Å². The van der Waals surface area contributed by atoms with Crippen molar-refractivity contribution in [2.24, 2.45) is 0 Å². The molecule has 0 fully saturated rings. The predicted octanol–water partition coefficient (Wildman–Crippen LogP) is 2.07. The van der Waals surface area contributed by atoms with E-state index in [0.717, 1.165) is 23.3 Å². The molecule has 0 saturated heterocycles. The van der Waals surface area contributed by atoms with Crippen LogP contribution in [0.5, 0.6) is 0 Å². The van der Waals surface area contributed by atoms with Gasteiger partial charge in [-0.1, -0.05) is 36.9 Å². The van der Waals surface area contributed by atoms with Gasteiger partial charge in [-0.05, 0) is 18.1 Å². The number of rotatable bonds is 6. The summed E-state index contributed by atoms with van der Waals surface area (Å²) in [7, 11) is 0. The summed E-state index contributed by atoms with van der Waals surface area (Å²) in [6.45, 7) is 6.07. The molecule has 0 aliphatic rings. The minimum Gasteiger partial charge on any atom is -0.463 e. The first-order chi connectivity index (χ1) is 9.15. The van der Waals surface area contributed by atoms with Crippen molar-refractivity contribution in [1.29, 1.82) is 0 Å². The largest absolute Gasteiger partial charge is 0.463 e. The zero-order valence-corrected chi connectivity index (χ0v) is 10.9. The minimum absolute atomic E-state index is 0.292. The lowest BCUT2D eigenvalue weighted by atomic mass is 10.1. The van der Waals surface area contributed by atoms with Crippen molar-refractivity contribution in [3.8, 4) is 0 Å². The molecule has 100 valence electrons. The number of carbonyl (C=O) groups is 2. The first kappa shape index (κ1) is 14.7. The number of amides is 1. The van der Waals surface area contributed by atoms with E-state index in [2.05, 4.69) is 16.6 Å². The maximum atomic E-state index is 11.4. The van der Waals surface area contributed by atoms with E-state index >= 15 is 0 Å². The molecule has 0 aliphatic carbocycles. The SMILES string of the molecule is C=Cc1ccc(CNC(=O)/C=C\C(=O)OCC)cc1. The van der Waals surface area contributed by atoms with Gasteiger partial charge in [-0.2, -0.15) is 0 Å². The summed E-state index contributed by atoms with van der Waals surface area (Å²) >= 11 is 0. The summed E-state index contributed by atoms with van der Waals surface area (Å²) in [5, 5.41) is 2.67. The molecule has 0 radical (unpaired) electrons. The number of hydrogen-bond donors (Lipinski definition) is 1. The summed E-state index contributed by atoms with van der Waals surface area (Å²) in [5.41, 5.74) is 2.00. The van der Waals surface area contributed by atoms with E-state index in [4.69, 9.17) is 0 Å². The Hall–Kier alpha value is -2.36. The molecule has 4 nitrogen and oxygen atoms in total. The third kappa shape index (κ3) is 5.68. The number of nitrogens with one attached hydrogen (secondary N) is 1. The Balaban J connectivity index is 2.41. The van der Waals surface area contributed by atoms with Gasteiger partial charge < -0.3 is 10.1 Å². The van der Waals surface area contributed by atoms with Crippen molar-refractivity contribution in [1.82, 2.24) is 5.32 Å². The highest BCUT2D eigenvalue weighted by atomic mass is 16.5. The molecule has 0 aliphatic heterocycles. The monoisotopic (exact) mass is 259 g/mol. The first-order valence-electron chi connectivity index (χ1n) is 5.99. The molecule has 1 rings (SSSR count). The number of ether oxygens (including phenoxy) is 1. The van der Waals surface area contributed by atoms with Crippen LogP contribution in [0.3, 0.4) is 0 Å². The van der Waals surface area contributed by atoms with E-state index in [9.17, 15) is 9.59 Å². The van der Waals surface area contributed by atoms with Gasteiger partial charge in [-0.3, -0.25) is 4.79 Å². The van der Waals surface area contributed by atoms with Crippen LogP contribution < -0.4 is 5.32 Å². The van der Waals surface area contributed by atoms with Gasteiger partial charge in [0.05, 0.1) is 6.61 Å². The Morgan fingerprint density at radius 2 is 1.95 bits per heavy atom. The van der Waals surface area contributed by atoms with Gasteiger partial charge in [0.1, 0.15) is 0 Å². The standard InChI is InChI=1S/C15H17NO3/c1-3-12-5-7-13(8-6-12)11-16-14(17)9-10-15(18)19-4-2/h3,5-10H,1,4,11H2,2H3,(H,16,17)/b10-9-. The van der Waals surface area contributed by atoms with Gasteiger partial charge in [-0.15, -0.1) is 0 Å². The van der Waals surface area contributed by atoms with Gasteiger partial charge in [0.15, 0.2) is 0 Å².